The second-order valence-corrected chi connectivity index (χ2v) is 9.95. The first kappa shape index (κ1) is 21.4. The smallest absolute Gasteiger partial charge is 0.259 e. The van der Waals surface area contributed by atoms with Crippen molar-refractivity contribution in [3.8, 4) is 17.2 Å². The maximum absolute atomic E-state index is 14.9. The molecule has 1 aliphatic carbocycles. The number of aryl methyl sites for hydroxylation is 2. The average molecular weight is 486 g/mol. The summed E-state index contributed by atoms with van der Waals surface area (Å²) in [6.45, 7) is 3.09. The molecule has 1 N–H and O–H groups in total. The number of imidazole rings is 1. The van der Waals surface area contributed by atoms with E-state index in [-0.39, 0.29) is 11.1 Å². The lowest BCUT2D eigenvalue weighted by atomic mass is 9.94. The van der Waals surface area contributed by atoms with Crippen LogP contribution in [0.2, 0.25) is 0 Å². The Hall–Kier alpha value is -3.92. The molecule has 1 saturated heterocycles. The monoisotopic (exact) mass is 485 g/mol. The molecule has 4 aromatic rings. The highest BCUT2D eigenvalue weighted by Crippen LogP contribution is 2.41. The van der Waals surface area contributed by atoms with Gasteiger partial charge in [0.05, 0.1) is 42.0 Å². The van der Waals surface area contributed by atoms with Crippen LogP contribution in [0.3, 0.4) is 0 Å². The summed E-state index contributed by atoms with van der Waals surface area (Å²) in [5.41, 5.74) is 2.90. The molecule has 0 radical (unpaired) electrons. The van der Waals surface area contributed by atoms with Crippen molar-refractivity contribution in [2.45, 2.75) is 44.1 Å². The van der Waals surface area contributed by atoms with E-state index in [0.29, 0.717) is 36.5 Å². The van der Waals surface area contributed by atoms with Gasteiger partial charge in [0, 0.05) is 18.5 Å². The number of aromatic nitrogens is 6. The molecule has 0 unspecified atom stereocenters. The van der Waals surface area contributed by atoms with Gasteiger partial charge in [0.25, 0.3) is 5.91 Å². The summed E-state index contributed by atoms with van der Waals surface area (Å²) in [6, 6.07) is 8.24. The summed E-state index contributed by atoms with van der Waals surface area (Å²) < 4.78 is 24.3. The van der Waals surface area contributed by atoms with Crippen molar-refractivity contribution in [1.29, 1.82) is 0 Å². The van der Waals surface area contributed by atoms with Gasteiger partial charge in [-0.15, -0.1) is 10.2 Å². The van der Waals surface area contributed by atoms with Gasteiger partial charge < -0.3 is 14.6 Å². The summed E-state index contributed by atoms with van der Waals surface area (Å²) in [5.74, 6) is 1.23. The Labute approximate surface area is 206 Å². The number of fused-ring (bicyclic) bond motifs is 2. The Bertz CT molecular complexity index is 1520. The Kier molecular flexibility index (Phi) is 4.62. The first-order chi connectivity index (χ1) is 17.5. The number of hydrogen-bond donors (Lipinski definition) is 1. The zero-order chi connectivity index (χ0) is 24.4. The third-order valence-corrected chi connectivity index (χ3v) is 7.39. The first-order valence-corrected chi connectivity index (χ1v) is 12.2. The second kappa shape index (κ2) is 7.79. The van der Waals surface area contributed by atoms with Crippen molar-refractivity contribution >= 4 is 11.7 Å². The van der Waals surface area contributed by atoms with Crippen molar-refractivity contribution < 1.29 is 13.9 Å². The molecule has 1 spiro atoms. The maximum Gasteiger partial charge on any atom is 0.259 e. The third kappa shape index (κ3) is 3.35. The van der Waals surface area contributed by atoms with Crippen LogP contribution in [0.4, 0.5) is 10.2 Å². The van der Waals surface area contributed by atoms with E-state index in [2.05, 4.69) is 30.0 Å². The summed E-state index contributed by atoms with van der Waals surface area (Å²) >= 11 is 0. The number of nitrogens with one attached hydrogen (secondary N) is 1. The van der Waals surface area contributed by atoms with Gasteiger partial charge in [0.15, 0.2) is 5.82 Å². The number of nitrogens with zero attached hydrogens (tertiary/aromatic N) is 6. The fraction of sp³-hybridized carbons (Fsp3) is 0.346. The van der Waals surface area contributed by atoms with E-state index in [1.165, 1.54) is 6.07 Å². The molecule has 2 fully saturated rings. The van der Waals surface area contributed by atoms with Gasteiger partial charge in [-0.2, -0.15) is 0 Å². The third-order valence-electron chi connectivity index (χ3n) is 7.39. The molecule has 5 heterocycles. The van der Waals surface area contributed by atoms with E-state index >= 15 is 0 Å². The number of amides is 1. The fourth-order valence-electron chi connectivity index (χ4n) is 5.20. The predicted octanol–water partition coefficient (Wildman–Crippen LogP) is 3.77. The molecule has 36 heavy (non-hydrogen) atoms. The molecule has 0 bridgehead atoms. The highest BCUT2D eigenvalue weighted by atomic mass is 19.1. The number of halogens is 1. The summed E-state index contributed by atoms with van der Waals surface area (Å²) in [6.07, 6.45) is 7.78. The van der Waals surface area contributed by atoms with E-state index in [1.54, 1.807) is 24.5 Å². The average Bonchev–Trinajstić information content (AvgIpc) is 3.25. The number of anilines is 1. The molecule has 1 amide bonds. The van der Waals surface area contributed by atoms with Gasteiger partial charge in [-0.25, -0.2) is 14.4 Å². The van der Waals surface area contributed by atoms with Gasteiger partial charge in [-0.3, -0.25) is 9.36 Å². The zero-order valence-corrected chi connectivity index (χ0v) is 19.7. The molecular formula is C26H24FN7O2. The largest absolute Gasteiger partial charge is 0.376 e. The molecule has 0 atom stereocenters. The topological polar surface area (TPSA) is 99.8 Å². The van der Waals surface area contributed by atoms with Crippen LogP contribution < -0.4 is 5.32 Å². The van der Waals surface area contributed by atoms with Crippen LogP contribution in [0.1, 0.15) is 52.6 Å². The van der Waals surface area contributed by atoms with Gasteiger partial charge in [0.2, 0.25) is 0 Å². The number of carbonyl (C=O) groups excluding carboxylic acids is 1. The standard InChI is InChI=1S/C26H24FN7O2/c1-15-9-18(27)17(10-21(15)33-11-20(28-14-33)16-5-6-16)25(35)30-22-4-2-3-19(29-22)24-32-31-23-7-8-26(34(23)24)12-36-13-26/h2-4,9-11,14,16H,5-8,12-13H2,1H3,(H,29,30,35). The van der Waals surface area contributed by atoms with Crippen molar-refractivity contribution in [2.24, 2.45) is 0 Å². The van der Waals surface area contributed by atoms with E-state index in [9.17, 15) is 9.18 Å². The number of rotatable bonds is 5. The summed E-state index contributed by atoms with van der Waals surface area (Å²) in [5, 5.41) is 11.5. The molecule has 182 valence electrons. The minimum atomic E-state index is -0.588. The minimum Gasteiger partial charge on any atom is -0.376 e. The number of hydrogen-bond acceptors (Lipinski definition) is 6. The van der Waals surface area contributed by atoms with Crippen LogP contribution in [0.25, 0.3) is 17.2 Å². The maximum atomic E-state index is 14.9. The number of carbonyl (C=O) groups is 1. The van der Waals surface area contributed by atoms with E-state index in [1.807, 2.05) is 23.8 Å². The van der Waals surface area contributed by atoms with E-state index in [0.717, 1.165) is 48.5 Å². The second-order valence-electron chi connectivity index (χ2n) is 9.95. The molecule has 7 rings (SSSR count). The highest BCUT2D eigenvalue weighted by Gasteiger charge is 2.47. The Morgan fingerprint density at radius 1 is 1.22 bits per heavy atom. The van der Waals surface area contributed by atoms with Crippen LogP contribution in [0.15, 0.2) is 42.9 Å². The Balaban J connectivity index is 1.17. The molecule has 3 aromatic heterocycles. The highest BCUT2D eigenvalue weighted by molar-refractivity contribution is 6.04. The summed E-state index contributed by atoms with van der Waals surface area (Å²) in [7, 11) is 0. The SMILES string of the molecule is Cc1cc(F)c(C(=O)Nc2cccc(-c3nnc4n3C3(CC4)COC3)n2)cc1-n1cnc(C2CC2)c1. The minimum absolute atomic E-state index is 0.0570. The lowest BCUT2D eigenvalue weighted by Crippen LogP contribution is -2.49. The van der Waals surface area contributed by atoms with Crippen molar-refractivity contribution in [2.75, 3.05) is 18.5 Å². The fourth-order valence-corrected chi connectivity index (χ4v) is 5.20. The molecule has 1 aromatic carbocycles. The molecule has 3 aliphatic rings. The van der Waals surface area contributed by atoms with Crippen molar-refractivity contribution in [1.82, 2.24) is 29.3 Å². The zero-order valence-electron chi connectivity index (χ0n) is 19.7. The van der Waals surface area contributed by atoms with Gasteiger partial charge in [-0.05, 0) is 56.0 Å². The molecular weight excluding hydrogens is 461 g/mol. The van der Waals surface area contributed by atoms with Crippen LogP contribution in [-0.4, -0.2) is 48.4 Å². The molecule has 9 nitrogen and oxygen atoms in total. The van der Waals surface area contributed by atoms with E-state index in [4.69, 9.17) is 4.74 Å². The van der Waals surface area contributed by atoms with Crippen molar-refractivity contribution in [3.05, 3.63) is 71.3 Å². The number of pyridine rings is 1. The van der Waals surface area contributed by atoms with Crippen LogP contribution in [-0.2, 0) is 16.7 Å². The Morgan fingerprint density at radius 2 is 2.08 bits per heavy atom. The van der Waals surface area contributed by atoms with Gasteiger partial charge >= 0.3 is 0 Å². The van der Waals surface area contributed by atoms with Gasteiger partial charge in [-0.1, -0.05) is 6.07 Å². The van der Waals surface area contributed by atoms with Crippen LogP contribution in [0.5, 0.6) is 0 Å². The quantitative estimate of drug-likeness (QED) is 0.462. The van der Waals surface area contributed by atoms with Crippen LogP contribution >= 0.6 is 0 Å². The summed E-state index contributed by atoms with van der Waals surface area (Å²) in [4.78, 5) is 22.2. The molecule has 10 heteroatoms. The van der Waals surface area contributed by atoms with Crippen molar-refractivity contribution in [3.63, 3.8) is 0 Å². The Morgan fingerprint density at radius 3 is 2.86 bits per heavy atom. The number of benzene rings is 1. The van der Waals surface area contributed by atoms with Crippen LogP contribution in [0, 0.1) is 12.7 Å². The number of ether oxygens (including phenoxy) is 1. The molecule has 1 saturated carbocycles. The lowest BCUT2D eigenvalue weighted by molar-refractivity contribution is -0.0955. The first-order valence-electron chi connectivity index (χ1n) is 12.2. The lowest BCUT2D eigenvalue weighted by Gasteiger charge is -2.39. The van der Waals surface area contributed by atoms with Gasteiger partial charge in [0.1, 0.15) is 23.2 Å². The predicted molar refractivity (Wildman–Crippen MR) is 129 cm³/mol. The molecule has 2 aliphatic heterocycles. The normalized spacial score (nSPS) is 17.7. The van der Waals surface area contributed by atoms with E-state index < -0.39 is 11.7 Å².